The largest absolute Gasteiger partial charge is 0.497 e. The molecule has 2 aromatic rings. The molecule has 116 valence electrons. The van der Waals surface area contributed by atoms with Gasteiger partial charge in [0.1, 0.15) is 5.75 Å². The van der Waals surface area contributed by atoms with Crippen molar-refractivity contribution >= 4 is 11.6 Å². The molecule has 0 aliphatic carbocycles. The van der Waals surface area contributed by atoms with Crippen LogP contribution in [0.1, 0.15) is 11.1 Å². The Balaban J connectivity index is 1.66. The fraction of sp³-hybridized carbons (Fsp3) is 0.294. The highest BCUT2D eigenvalue weighted by Gasteiger charge is 2.18. The summed E-state index contributed by atoms with van der Waals surface area (Å²) in [7, 11) is 3.74. The van der Waals surface area contributed by atoms with Crippen molar-refractivity contribution in [2.75, 3.05) is 21.0 Å². The molecule has 0 unspecified atom stereocenters. The number of halogens is 1. The van der Waals surface area contributed by atoms with E-state index in [4.69, 9.17) is 25.8 Å². The van der Waals surface area contributed by atoms with Crippen LogP contribution in [-0.2, 0) is 13.1 Å². The second kappa shape index (κ2) is 6.46. The highest BCUT2D eigenvalue weighted by Crippen LogP contribution is 2.40. The van der Waals surface area contributed by atoms with Crippen molar-refractivity contribution in [3.05, 3.63) is 52.5 Å². The van der Waals surface area contributed by atoms with Crippen molar-refractivity contribution in [1.29, 1.82) is 0 Å². The Kier molecular flexibility index (Phi) is 4.41. The van der Waals surface area contributed by atoms with E-state index in [0.717, 1.165) is 30.2 Å². The lowest BCUT2D eigenvalue weighted by atomic mass is 10.1. The van der Waals surface area contributed by atoms with E-state index < -0.39 is 0 Å². The molecule has 0 radical (unpaired) electrons. The van der Waals surface area contributed by atoms with Gasteiger partial charge in [-0.3, -0.25) is 4.90 Å². The summed E-state index contributed by atoms with van der Waals surface area (Å²) in [6.07, 6.45) is 0. The van der Waals surface area contributed by atoms with E-state index in [1.807, 2.05) is 24.3 Å². The van der Waals surface area contributed by atoms with Gasteiger partial charge in [0.25, 0.3) is 0 Å². The molecule has 5 heteroatoms. The van der Waals surface area contributed by atoms with Gasteiger partial charge in [0.2, 0.25) is 6.79 Å². The third-order valence-corrected chi connectivity index (χ3v) is 3.83. The van der Waals surface area contributed by atoms with Crippen LogP contribution in [0.2, 0.25) is 5.02 Å². The van der Waals surface area contributed by atoms with Crippen molar-refractivity contribution in [2.24, 2.45) is 0 Å². The number of hydrogen-bond acceptors (Lipinski definition) is 4. The molecule has 1 aliphatic heterocycles. The zero-order chi connectivity index (χ0) is 15.5. The van der Waals surface area contributed by atoms with Crippen LogP contribution in [0.5, 0.6) is 17.2 Å². The van der Waals surface area contributed by atoms with Crippen LogP contribution >= 0.6 is 11.6 Å². The number of benzene rings is 2. The Morgan fingerprint density at radius 1 is 1.09 bits per heavy atom. The van der Waals surface area contributed by atoms with E-state index in [9.17, 15) is 0 Å². The minimum atomic E-state index is 0.236. The zero-order valence-electron chi connectivity index (χ0n) is 12.6. The minimum Gasteiger partial charge on any atom is -0.497 e. The van der Waals surface area contributed by atoms with Crippen LogP contribution in [0.3, 0.4) is 0 Å². The summed E-state index contributed by atoms with van der Waals surface area (Å²) in [5.41, 5.74) is 2.33. The summed E-state index contributed by atoms with van der Waals surface area (Å²) in [6, 6.07) is 12.0. The molecule has 0 bridgehead atoms. The third kappa shape index (κ3) is 3.29. The zero-order valence-corrected chi connectivity index (χ0v) is 13.4. The van der Waals surface area contributed by atoms with Crippen molar-refractivity contribution in [3.63, 3.8) is 0 Å². The van der Waals surface area contributed by atoms with E-state index in [2.05, 4.69) is 24.1 Å². The summed E-state index contributed by atoms with van der Waals surface area (Å²) < 4.78 is 15.9. The van der Waals surface area contributed by atoms with Gasteiger partial charge in [-0.15, -0.1) is 0 Å². The number of rotatable bonds is 5. The molecule has 0 fully saturated rings. The molecule has 4 nitrogen and oxygen atoms in total. The van der Waals surface area contributed by atoms with Crippen LogP contribution in [0.25, 0.3) is 0 Å². The molecule has 0 amide bonds. The van der Waals surface area contributed by atoms with Crippen LogP contribution < -0.4 is 14.2 Å². The van der Waals surface area contributed by atoms with E-state index in [0.29, 0.717) is 10.8 Å². The van der Waals surface area contributed by atoms with Gasteiger partial charge in [-0.05, 0) is 42.4 Å². The van der Waals surface area contributed by atoms with Gasteiger partial charge in [0.05, 0.1) is 12.1 Å². The van der Waals surface area contributed by atoms with Crippen molar-refractivity contribution < 1.29 is 14.2 Å². The van der Waals surface area contributed by atoms with Crippen molar-refractivity contribution in [3.8, 4) is 17.2 Å². The number of ether oxygens (including phenoxy) is 3. The Hall–Kier alpha value is -1.91. The monoisotopic (exact) mass is 319 g/mol. The number of fused-ring (bicyclic) bond motifs is 1. The average molecular weight is 320 g/mol. The third-order valence-electron chi connectivity index (χ3n) is 3.55. The first-order chi connectivity index (χ1) is 10.7. The molecule has 0 aromatic heterocycles. The van der Waals surface area contributed by atoms with Gasteiger partial charge in [-0.25, -0.2) is 0 Å². The van der Waals surface area contributed by atoms with Gasteiger partial charge in [0.15, 0.2) is 11.5 Å². The molecule has 1 heterocycles. The van der Waals surface area contributed by atoms with Crippen molar-refractivity contribution in [1.82, 2.24) is 4.90 Å². The van der Waals surface area contributed by atoms with Crippen molar-refractivity contribution in [2.45, 2.75) is 13.1 Å². The molecule has 0 saturated heterocycles. The SMILES string of the molecule is COc1ccc(CN(C)Cc2cc(Cl)c3c(c2)OCO3)cc1. The maximum Gasteiger partial charge on any atom is 0.231 e. The summed E-state index contributed by atoms with van der Waals surface area (Å²) in [4.78, 5) is 2.22. The lowest BCUT2D eigenvalue weighted by molar-refractivity contribution is 0.174. The molecule has 0 atom stereocenters. The first-order valence-electron chi connectivity index (χ1n) is 7.05. The Bertz CT molecular complexity index is 658. The molecule has 0 N–H and O–H groups in total. The average Bonchev–Trinajstić information content (AvgIpc) is 2.97. The normalized spacial score (nSPS) is 12.7. The topological polar surface area (TPSA) is 30.9 Å². The lowest BCUT2D eigenvalue weighted by Crippen LogP contribution is -2.17. The molecular formula is C17H18ClNO3. The quantitative estimate of drug-likeness (QED) is 0.840. The van der Waals surface area contributed by atoms with Gasteiger partial charge in [0, 0.05) is 13.1 Å². The Morgan fingerprint density at radius 2 is 1.82 bits per heavy atom. The van der Waals surface area contributed by atoms with Gasteiger partial charge < -0.3 is 14.2 Å². The first kappa shape index (κ1) is 15.0. The predicted octanol–water partition coefficient (Wildman–Crippen LogP) is 3.71. The van der Waals surface area contributed by atoms with Gasteiger partial charge in [-0.1, -0.05) is 23.7 Å². The summed E-state index contributed by atoms with van der Waals surface area (Å²) in [6.45, 7) is 1.86. The lowest BCUT2D eigenvalue weighted by Gasteiger charge is -2.17. The standard InChI is InChI=1S/C17H18ClNO3/c1-19(9-12-3-5-14(20-2)6-4-12)10-13-7-15(18)17-16(8-13)21-11-22-17/h3-8H,9-11H2,1-2H3. The molecule has 0 spiro atoms. The molecule has 1 aliphatic rings. The van der Waals surface area contributed by atoms with Crippen LogP contribution in [-0.4, -0.2) is 25.9 Å². The molecule has 3 rings (SSSR count). The Morgan fingerprint density at radius 3 is 2.55 bits per heavy atom. The van der Waals surface area contributed by atoms with E-state index in [1.54, 1.807) is 7.11 Å². The van der Waals surface area contributed by atoms with Crippen LogP contribution in [0.15, 0.2) is 36.4 Å². The van der Waals surface area contributed by atoms with Gasteiger partial charge in [-0.2, -0.15) is 0 Å². The predicted molar refractivity (Wildman–Crippen MR) is 85.7 cm³/mol. The fourth-order valence-electron chi connectivity index (χ4n) is 2.52. The van der Waals surface area contributed by atoms with E-state index in [-0.39, 0.29) is 6.79 Å². The molecule has 2 aromatic carbocycles. The Labute approximate surface area is 135 Å². The maximum atomic E-state index is 6.21. The fourth-order valence-corrected chi connectivity index (χ4v) is 2.81. The molecular weight excluding hydrogens is 302 g/mol. The summed E-state index contributed by atoms with van der Waals surface area (Å²) >= 11 is 6.21. The number of nitrogens with zero attached hydrogens (tertiary/aromatic N) is 1. The van der Waals surface area contributed by atoms with Crippen LogP contribution in [0.4, 0.5) is 0 Å². The minimum absolute atomic E-state index is 0.236. The van der Waals surface area contributed by atoms with Gasteiger partial charge >= 0.3 is 0 Å². The number of hydrogen-bond donors (Lipinski definition) is 0. The van der Waals surface area contributed by atoms with Crippen LogP contribution in [0, 0.1) is 0 Å². The second-order valence-electron chi connectivity index (χ2n) is 5.33. The summed E-state index contributed by atoms with van der Waals surface area (Å²) in [5.74, 6) is 2.23. The summed E-state index contributed by atoms with van der Waals surface area (Å²) in [5, 5.41) is 0.600. The maximum absolute atomic E-state index is 6.21. The molecule has 0 saturated carbocycles. The van der Waals surface area contributed by atoms with E-state index >= 15 is 0 Å². The molecule has 22 heavy (non-hydrogen) atoms. The van der Waals surface area contributed by atoms with E-state index in [1.165, 1.54) is 5.56 Å². The highest BCUT2D eigenvalue weighted by atomic mass is 35.5. The smallest absolute Gasteiger partial charge is 0.231 e. The second-order valence-corrected chi connectivity index (χ2v) is 5.74. The highest BCUT2D eigenvalue weighted by molar-refractivity contribution is 6.32. The first-order valence-corrected chi connectivity index (χ1v) is 7.43. The number of methoxy groups -OCH3 is 1.